The Kier molecular flexibility index (Phi) is 9.45. The van der Waals surface area contributed by atoms with Gasteiger partial charge in [-0.15, -0.1) is 0 Å². The summed E-state index contributed by atoms with van der Waals surface area (Å²) in [5.74, 6) is -0.280. The molecule has 0 saturated heterocycles. The van der Waals surface area contributed by atoms with Crippen molar-refractivity contribution in [2.24, 2.45) is 0 Å². The molecule has 0 spiro atoms. The third-order valence-electron chi connectivity index (χ3n) is 5.42. The smallest absolute Gasteiger partial charge is 0.422 e. The molecule has 1 aromatic heterocycles. The van der Waals surface area contributed by atoms with Crippen molar-refractivity contribution < 1.29 is 45.7 Å². The Bertz CT molecular complexity index is 1210. The molecule has 15 heteroatoms. The molecule has 1 fully saturated rings. The maximum Gasteiger partial charge on any atom is 0.422 e. The molecule has 204 valence electrons. The number of carbonyl (C=O) groups is 1. The van der Waals surface area contributed by atoms with Gasteiger partial charge in [0.2, 0.25) is 5.88 Å². The Balaban J connectivity index is 1.93. The highest BCUT2D eigenvalue weighted by Gasteiger charge is 2.33. The van der Waals surface area contributed by atoms with E-state index in [-0.39, 0.29) is 40.6 Å². The number of hydrogen-bond donors (Lipinski definition) is 2. The van der Waals surface area contributed by atoms with Crippen molar-refractivity contribution in [3.05, 3.63) is 46.6 Å². The zero-order valence-corrected chi connectivity index (χ0v) is 21.2. The Morgan fingerprint density at radius 2 is 1.95 bits per heavy atom. The Morgan fingerprint density at radius 3 is 2.54 bits per heavy atom. The highest BCUT2D eigenvalue weighted by atomic mass is 35.5. The summed E-state index contributed by atoms with van der Waals surface area (Å²) in [6.07, 6.45) is -3.06. The van der Waals surface area contributed by atoms with Crippen LogP contribution >= 0.6 is 11.6 Å². The van der Waals surface area contributed by atoms with E-state index in [9.17, 15) is 31.5 Å². The lowest BCUT2D eigenvalue weighted by Crippen LogP contribution is -2.46. The summed E-state index contributed by atoms with van der Waals surface area (Å²) < 4.78 is 83.3. The molecule has 1 amide bonds. The van der Waals surface area contributed by atoms with E-state index < -0.39 is 45.5 Å². The van der Waals surface area contributed by atoms with Crippen LogP contribution in [-0.4, -0.2) is 55.3 Å². The number of halogens is 4. The molecule has 3 rings (SSSR count). The maximum absolute atomic E-state index is 13.0. The number of rotatable bonds is 11. The largest absolute Gasteiger partial charge is 0.491 e. The second-order valence-corrected chi connectivity index (χ2v) is 10.1. The first kappa shape index (κ1) is 28.8. The van der Waals surface area contributed by atoms with E-state index in [4.69, 9.17) is 25.8 Å². The van der Waals surface area contributed by atoms with Gasteiger partial charge in [-0.2, -0.15) is 30.6 Å². The number of benzene rings is 1. The third-order valence-corrected chi connectivity index (χ3v) is 7.19. The molecule has 2 N–H and O–H groups in total. The molecule has 0 aliphatic heterocycles. The average Bonchev–Trinajstić information content (AvgIpc) is 3.31. The topological polar surface area (TPSA) is 127 Å². The summed E-state index contributed by atoms with van der Waals surface area (Å²) in [6.45, 7) is -0.263. The van der Waals surface area contributed by atoms with Crippen molar-refractivity contribution in [2.75, 3.05) is 20.3 Å². The zero-order chi connectivity index (χ0) is 27.2. The van der Waals surface area contributed by atoms with Gasteiger partial charge in [0.15, 0.2) is 0 Å². The standard InChI is InChI=1S/C22H25ClF3N3O7S/c1-34-8-9-35-17-7-6-14(13-29(21(30)31)37(32,33)28-16-4-2-3-5-16)19(11-17)36-20-18(23)10-15(12-27-20)22(24,25)26/h6-7,10-12,16,28H,2-5,8-9,13H2,1H3,(H,30,31). The molecule has 1 heterocycles. The van der Waals surface area contributed by atoms with Crippen LogP contribution in [0.25, 0.3) is 0 Å². The van der Waals surface area contributed by atoms with Crippen LogP contribution in [0.2, 0.25) is 5.02 Å². The number of ether oxygens (including phenoxy) is 3. The molecule has 37 heavy (non-hydrogen) atoms. The fourth-order valence-electron chi connectivity index (χ4n) is 3.58. The van der Waals surface area contributed by atoms with E-state index in [1.54, 1.807) is 0 Å². The van der Waals surface area contributed by atoms with Gasteiger partial charge in [0.05, 0.1) is 18.7 Å². The Labute approximate surface area is 216 Å². The summed E-state index contributed by atoms with van der Waals surface area (Å²) in [4.78, 5) is 15.5. The normalized spacial score (nSPS) is 14.5. The molecule has 10 nitrogen and oxygen atoms in total. The fourth-order valence-corrected chi connectivity index (χ4v) is 5.08. The van der Waals surface area contributed by atoms with Crippen LogP contribution in [-0.2, 0) is 27.7 Å². The van der Waals surface area contributed by atoms with Crippen molar-refractivity contribution in [3.8, 4) is 17.4 Å². The molecule has 0 bridgehead atoms. The van der Waals surface area contributed by atoms with Crippen molar-refractivity contribution >= 4 is 27.9 Å². The summed E-state index contributed by atoms with van der Waals surface area (Å²) in [7, 11) is -2.96. The third kappa shape index (κ3) is 7.84. The zero-order valence-electron chi connectivity index (χ0n) is 19.6. The summed E-state index contributed by atoms with van der Waals surface area (Å²) in [5, 5.41) is 9.20. The predicted molar refractivity (Wildman–Crippen MR) is 126 cm³/mol. The fraction of sp³-hybridized carbons (Fsp3) is 0.455. The molecule has 0 radical (unpaired) electrons. The first-order valence-corrected chi connectivity index (χ1v) is 12.9. The number of amides is 1. The van der Waals surface area contributed by atoms with Gasteiger partial charge in [0.1, 0.15) is 23.1 Å². The van der Waals surface area contributed by atoms with Crippen LogP contribution in [0.1, 0.15) is 36.8 Å². The van der Waals surface area contributed by atoms with E-state index in [0.29, 0.717) is 25.1 Å². The lowest BCUT2D eigenvalue weighted by atomic mass is 10.2. The van der Waals surface area contributed by atoms with Gasteiger partial charge in [-0.25, -0.2) is 9.78 Å². The van der Waals surface area contributed by atoms with Crippen molar-refractivity contribution in [1.29, 1.82) is 0 Å². The second-order valence-electron chi connectivity index (χ2n) is 8.12. The second kappa shape index (κ2) is 12.2. The van der Waals surface area contributed by atoms with Crippen LogP contribution in [0.15, 0.2) is 30.5 Å². The lowest BCUT2D eigenvalue weighted by Gasteiger charge is -2.23. The summed E-state index contributed by atoms with van der Waals surface area (Å²) in [6, 6.07) is 4.39. The summed E-state index contributed by atoms with van der Waals surface area (Å²) >= 11 is 5.96. The monoisotopic (exact) mass is 567 g/mol. The Morgan fingerprint density at radius 1 is 1.24 bits per heavy atom. The lowest BCUT2D eigenvalue weighted by molar-refractivity contribution is -0.137. The number of methoxy groups -OCH3 is 1. The molecule has 1 aromatic carbocycles. The molecular weight excluding hydrogens is 543 g/mol. The number of alkyl halides is 3. The highest BCUT2D eigenvalue weighted by Crippen LogP contribution is 2.37. The van der Waals surface area contributed by atoms with Gasteiger partial charge < -0.3 is 19.3 Å². The van der Waals surface area contributed by atoms with Gasteiger partial charge >= 0.3 is 22.5 Å². The van der Waals surface area contributed by atoms with Crippen LogP contribution in [0.4, 0.5) is 18.0 Å². The first-order chi connectivity index (χ1) is 17.4. The Hall–Kier alpha value is -2.81. The molecular formula is C22H25ClF3N3O7S. The molecule has 0 unspecified atom stereocenters. The van der Waals surface area contributed by atoms with E-state index >= 15 is 0 Å². The SMILES string of the molecule is COCCOc1ccc(CN(C(=O)O)S(=O)(=O)NC2CCCC2)c(Oc2ncc(C(F)(F)F)cc2Cl)c1. The number of carboxylic acid groups (broad SMARTS) is 1. The van der Waals surface area contributed by atoms with E-state index in [2.05, 4.69) is 9.71 Å². The minimum atomic E-state index is -4.68. The molecule has 0 atom stereocenters. The minimum absolute atomic E-state index is 0.0658. The number of nitrogens with one attached hydrogen (secondary N) is 1. The minimum Gasteiger partial charge on any atom is -0.491 e. The molecule has 1 aliphatic carbocycles. The molecule has 2 aromatic rings. The number of nitrogens with zero attached hydrogens (tertiary/aromatic N) is 2. The van der Waals surface area contributed by atoms with Crippen LogP contribution in [0, 0.1) is 0 Å². The quantitative estimate of drug-likeness (QED) is 0.370. The molecule has 1 saturated carbocycles. The summed E-state index contributed by atoms with van der Waals surface area (Å²) in [5.41, 5.74) is -1.03. The number of hydrogen-bond acceptors (Lipinski definition) is 7. The van der Waals surface area contributed by atoms with Gasteiger partial charge in [-0.3, -0.25) is 0 Å². The van der Waals surface area contributed by atoms with E-state index in [0.717, 1.165) is 12.8 Å². The molecule has 1 aliphatic rings. The maximum atomic E-state index is 13.0. The van der Waals surface area contributed by atoms with Crippen LogP contribution < -0.4 is 14.2 Å². The first-order valence-electron chi connectivity index (χ1n) is 11.1. The number of pyridine rings is 1. The average molecular weight is 568 g/mol. The van der Waals surface area contributed by atoms with Crippen LogP contribution in [0.3, 0.4) is 0 Å². The van der Waals surface area contributed by atoms with Crippen molar-refractivity contribution in [3.63, 3.8) is 0 Å². The van der Waals surface area contributed by atoms with Gasteiger partial charge in [0.25, 0.3) is 0 Å². The number of aromatic nitrogens is 1. The van der Waals surface area contributed by atoms with Crippen LogP contribution in [0.5, 0.6) is 17.4 Å². The van der Waals surface area contributed by atoms with E-state index in [1.165, 1.54) is 25.3 Å². The van der Waals surface area contributed by atoms with Crippen molar-refractivity contribution in [2.45, 2.75) is 44.4 Å². The van der Waals surface area contributed by atoms with Gasteiger partial charge in [0, 0.05) is 31.0 Å². The predicted octanol–water partition coefficient (Wildman–Crippen LogP) is 4.83. The van der Waals surface area contributed by atoms with E-state index in [1.807, 2.05) is 0 Å². The highest BCUT2D eigenvalue weighted by molar-refractivity contribution is 7.87. The van der Waals surface area contributed by atoms with Gasteiger partial charge in [-0.1, -0.05) is 24.4 Å². The van der Waals surface area contributed by atoms with Gasteiger partial charge in [-0.05, 0) is 31.0 Å². The van der Waals surface area contributed by atoms with Crippen molar-refractivity contribution in [1.82, 2.24) is 14.0 Å².